The summed E-state index contributed by atoms with van der Waals surface area (Å²) in [6, 6.07) is 39.7. The van der Waals surface area contributed by atoms with E-state index in [1.165, 1.54) is 61.1 Å². The summed E-state index contributed by atoms with van der Waals surface area (Å²) in [7, 11) is 2.21. The third-order valence-electron chi connectivity index (χ3n) is 7.39. The summed E-state index contributed by atoms with van der Waals surface area (Å²) < 4.78 is 4.83. The van der Waals surface area contributed by atoms with Crippen molar-refractivity contribution in [2.45, 2.75) is 26.7 Å². The van der Waals surface area contributed by atoms with Crippen molar-refractivity contribution in [2.24, 2.45) is 7.05 Å². The minimum Gasteiger partial charge on any atom is -0.225 e. The standard InChI is InChI=1S/C34H31N2/c1-23(2)27-19-20-32-33(22-27)35(4)34(36(32)31-16-10-14-26-13-8-9-15-29(26)31)30-21-28(18-17-24(30)3)25-11-6-5-7-12-25/h5-23H,1-4H3/q+1. The molecule has 0 saturated carbocycles. The Balaban J connectivity index is 1.72. The third-order valence-corrected chi connectivity index (χ3v) is 7.39. The molecule has 36 heavy (non-hydrogen) atoms. The first-order chi connectivity index (χ1) is 17.5. The van der Waals surface area contributed by atoms with Crippen molar-refractivity contribution in [3.05, 3.63) is 120 Å². The van der Waals surface area contributed by atoms with E-state index in [1.54, 1.807) is 0 Å². The average Bonchev–Trinajstić information content (AvgIpc) is 3.20. The molecule has 0 N–H and O–H groups in total. The first kappa shape index (κ1) is 22.3. The summed E-state index contributed by atoms with van der Waals surface area (Å²) in [6.45, 7) is 6.74. The van der Waals surface area contributed by atoms with Gasteiger partial charge in [0.25, 0.3) is 5.82 Å². The second-order valence-corrected chi connectivity index (χ2v) is 10.0. The molecule has 1 aromatic heterocycles. The molecule has 0 aliphatic rings. The van der Waals surface area contributed by atoms with Crippen LogP contribution < -0.4 is 4.57 Å². The first-order valence-electron chi connectivity index (χ1n) is 12.7. The molecule has 176 valence electrons. The quantitative estimate of drug-likeness (QED) is 0.230. The molecule has 6 aromatic rings. The Hall–Kier alpha value is -4.17. The van der Waals surface area contributed by atoms with Gasteiger partial charge in [-0.25, -0.2) is 4.57 Å². The lowest BCUT2D eigenvalue weighted by Gasteiger charge is -2.11. The molecule has 6 rings (SSSR count). The lowest BCUT2D eigenvalue weighted by Crippen LogP contribution is -2.30. The second-order valence-electron chi connectivity index (χ2n) is 10.0. The third kappa shape index (κ3) is 3.61. The summed E-state index contributed by atoms with van der Waals surface area (Å²) in [6.07, 6.45) is 0. The summed E-state index contributed by atoms with van der Waals surface area (Å²) in [4.78, 5) is 0. The number of hydrogen-bond acceptors (Lipinski definition) is 0. The number of aromatic nitrogens is 2. The van der Waals surface area contributed by atoms with Crippen LogP contribution in [0.15, 0.2) is 109 Å². The molecule has 0 fully saturated rings. The first-order valence-corrected chi connectivity index (χ1v) is 12.7. The van der Waals surface area contributed by atoms with Crippen molar-refractivity contribution < 1.29 is 4.57 Å². The van der Waals surface area contributed by atoms with Crippen molar-refractivity contribution in [2.75, 3.05) is 0 Å². The predicted octanol–water partition coefficient (Wildman–Crippen LogP) is 8.37. The van der Waals surface area contributed by atoms with Gasteiger partial charge in [-0.3, -0.25) is 0 Å². The highest BCUT2D eigenvalue weighted by Gasteiger charge is 2.28. The summed E-state index contributed by atoms with van der Waals surface area (Å²) in [5.41, 5.74) is 9.99. The van der Waals surface area contributed by atoms with E-state index in [1.807, 2.05) is 0 Å². The van der Waals surface area contributed by atoms with Crippen molar-refractivity contribution in [1.29, 1.82) is 0 Å². The van der Waals surface area contributed by atoms with Crippen LogP contribution in [0.2, 0.25) is 0 Å². The highest BCUT2D eigenvalue weighted by atomic mass is 15.2. The van der Waals surface area contributed by atoms with Crippen LogP contribution in [0.1, 0.15) is 30.9 Å². The van der Waals surface area contributed by atoms with Crippen LogP contribution in [-0.2, 0) is 7.05 Å². The summed E-state index contributed by atoms with van der Waals surface area (Å²) in [5, 5.41) is 2.50. The number of hydrogen-bond donors (Lipinski definition) is 0. The summed E-state index contributed by atoms with van der Waals surface area (Å²) >= 11 is 0. The van der Waals surface area contributed by atoms with Crippen LogP contribution >= 0.6 is 0 Å². The molecule has 0 bridgehead atoms. The van der Waals surface area contributed by atoms with Gasteiger partial charge in [-0.05, 0) is 64.7 Å². The van der Waals surface area contributed by atoms with Gasteiger partial charge < -0.3 is 0 Å². The molecule has 0 saturated heterocycles. The Kier molecular flexibility index (Phi) is 5.45. The van der Waals surface area contributed by atoms with E-state index in [4.69, 9.17) is 0 Å². The van der Waals surface area contributed by atoms with Crippen LogP contribution in [0.5, 0.6) is 0 Å². The zero-order valence-corrected chi connectivity index (χ0v) is 21.4. The lowest BCUT2D eigenvalue weighted by molar-refractivity contribution is -0.633. The fraction of sp³-hybridized carbons (Fsp3) is 0.147. The fourth-order valence-corrected chi connectivity index (χ4v) is 5.36. The number of imidazole rings is 1. The van der Waals surface area contributed by atoms with Crippen molar-refractivity contribution in [3.8, 4) is 28.2 Å². The Labute approximate surface area is 213 Å². The molecular weight excluding hydrogens is 436 g/mol. The van der Waals surface area contributed by atoms with Gasteiger partial charge in [-0.2, -0.15) is 4.57 Å². The van der Waals surface area contributed by atoms with Gasteiger partial charge >= 0.3 is 0 Å². The zero-order chi connectivity index (χ0) is 24.8. The topological polar surface area (TPSA) is 8.81 Å². The number of rotatable bonds is 4. The Morgan fingerprint density at radius 3 is 2.25 bits per heavy atom. The molecule has 5 aromatic carbocycles. The van der Waals surface area contributed by atoms with E-state index in [2.05, 4.69) is 146 Å². The highest BCUT2D eigenvalue weighted by molar-refractivity contribution is 5.93. The second kappa shape index (κ2) is 8.80. The van der Waals surface area contributed by atoms with E-state index >= 15 is 0 Å². The maximum absolute atomic E-state index is 2.46. The summed E-state index contributed by atoms with van der Waals surface area (Å²) in [5.74, 6) is 1.67. The minimum atomic E-state index is 0.474. The van der Waals surface area contributed by atoms with Crippen molar-refractivity contribution in [1.82, 2.24) is 4.57 Å². The lowest BCUT2D eigenvalue weighted by atomic mass is 9.99. The monoisotopic (exact) mass is 467 g/mol. The zero-order valence-electron chi connectivity index (χ0n) is 21.4. The minimum absolute atomic E-state index is 0.474. The van der Waals surface area contributed by atoms with Crippen LogP contribution in [0.25, 0.3) is 50.0 Å². The maximum atomic E-state index is 2.46. The van der Waals surface area contributed by atoms with Crippen LogP contribution in [-0.4, -0.2) is 4.57 Å². The van der Waals surface area contributed by atoms with E-state index < -0.39 is 0 Å². The van der Waals surface area contributed by atoms with Gasteiger partial charge in [0.05, 0.1) is 12.6 Å². The van der Waals surface area contributed by atoms with Crippen molar-refractivity contribution >= 4 is 21.8 Å². The van der Waals surface area contributed by atoms with Crippen LogP contribution in [0.3, 0.4) is 0 Å². The van der Waals surface area contributed by atoms with E-state index in [9.17, 15) is 0 Å². The van der Waals surface area contributed by atoms with Crippen molar-refractivity contribution in [3.63, 3.8) is 0 Å². The number of nitrogens with zero attached hydrogens (tertiary/aromatic N) is 2. The van der Waals surface area contributed by atoms with E-state index in [0.717, 1.165) is 0 Å². The normalized spacial score (nSPS) is 11.6. The van der Waals surface area contributed by atoms with Gasteiger partial charge in [0.1, 0.15) is 5.69 Å². The molecule has 0 atom stereocenters. The number of fused-ring (bicyclic) bond motifs is 2. The Morgan fingerprint density at radius 2 is 1.44 bits per heavy atom. The maximum Gasteiger partial charge on any atom is 0.295 e. The van der Waals surface area contributed by atoms with Gasteiger partial charge in [-0.1, -0.05) is 98.8 Å². The highest BCUT2D eigenvalue weighted by Crippen LogP contribution is 2.35. The van der Waals surface area contributed by atoms with Crippen LogP contribution in [0.4, 0.5) is 0 Å². The van der Waals surface area contributed by atoms with Gasteiger partial charge in [0.15, 0.2) is 11.0 Å². The SMILES string of the molecule is Cc1ccc(-c2ccccc2)cc1-c1n(-c2cccc3ccccc23)c2ccc(C(C)C)cc2[n+]1C. The molecule has 0 unspecified atom stereocenters. The molecule has 2 nitrogen and oxygen atoms in total. The molecule has 2 heteroatoms. The molecule has 0 amide bonds. The molecular formula is C34H31N2+. The predicted molar refractivity (Wildman–Crippen MR) is 152 cm³/mol. The number of aryl methyl sites for hydroxylation is 2. The molecule has 0 aliphatic heterocycles. The van der Waals surface area contributed by atoms with Crippen LogP contribution in [0, 0.1) is 6.92 Å². The Bertz CT molecular complexity index is 1720. The molecule has 1 heterocycles. The molecule has 0 radical (unpaired) electrons. The Morgan fingerprint density at radius 1 is 0.694 bits per heavy atom. The van der Waals surface area contributed by atoms with Gasteiger partial charge in [0, 0.05) is 5.39 Å². The largest absolute Gasteiger partial charge is 0.295 e. The fourth-order valence-electron chi connectivity index (χ4n) is 5.36. The number of benzene rings is 5. The van der Waals surface area contributed by atoms with E-state index in [-0.39, 0.29) is 0 Å². The van der Waals surface area contributed by atoms with Gasteiger partial charge in [0.2, 0.25) is 0 Å². The average molecular weight is 468 g/mol. The van der Waals surface area contributed by atoms with E-state index in [0.29, 0.717) is 5.92 Å². The molecule has 0 spiro atoms. The van der Waals surface area contributed by atoms with Gasteiger partial charge in [-0.15, -0.1) is 0 Å². The smallest absolute Gasteiger partial charge is 0.225 e. The molecule has 0 aliphatic carbocycles.